The summed E-state index contributed by atoms with van der Waals surface area (Å²) in [6, 6.07) is 7.42. The van der Waals surface area contributed by atoms with Crippen molar-refractivity contribution in [3.05, 3.63) is 85.9 Å². The van der Waals surface area contributed by atoms with Crippen LogP contribution in [-0.4, -0.2) is 16.1 Å². The highest BCUT2D eigenvalue weighted by Crippen LogP contribution is 2.66. The van der Waals surface area contributed by atoms with Gasteiger partial charge in [-0.05, 0) is 48.0 Å². The summed E-state index contributed by atoms with van der Waals surface area (Å²) in [5.41, 5.74) is 2.64. The van der Waals surface area contributed by atoms with Gasteiger partial charge >= 0.3 is 6.18 Å². The van der Waals surface area contributed by atoms with Gasteiger partial charge in [-0.2, -0.15) is 13.2 Å². The van der Waals surface area contributed by atoms with Crippen molar-refractivity contribution in [2.45, 2.75) is 16.4 Å². The Morgan fingerprint density at radius 3 is 2.23 bits per heavy atom. The number of nitrogen functional groups attached to an aromatic ring is 1. The van der Waals surface area contributed by atoms with Crippen LogP contribution in [0, 0.1) is 17.6 Å². The highest BCUT2D eigenvalue weighted by molar-refractivity contribution is 6.53. The molecule has 3 aromatic carbocycles. The molecule has 2 atom stereocenters. The zero-order chi connectivity index (χ0) is 29.0. The number of amides is 2. The first-order valence-electron chi connectivity index (χ1n) is 10.6. The molecule has 15 heteroatoms. The summed E-state index contributed by atoms with van der Waals surface area (Å²) in [6.07, 6.45) is -4.83. The Morgan fingerprint density at radius 2 is 1.59 bits per heavy atom. The molecule has 206 valence electrons. The third kappa shape index (κ3) is 5.71. The Labute approximate surface area is 242 Å². The smallest absolute Gasteiger partial charge is 0.394 e. The van der Waals surface area contributed by atoms with Gasteiger partial charge in [0.15, 0.2) is 5.82 Å². The Balaban J connectivity index is 1.55. The van der Waals surface area contributed by atoms with Crippen LogP contribution in [0.5, 0.6) is 0 Å². The van der Waals surface area contributed by atoms with Gasteiger partial charge in [-0.1, -0.05) is 34.8 Å². The summed E-state index contributed by atoms with van der Waals surface area (Å²) >= 11 is 30.2. The van der Waals surface area contributed by atoms with Gasteiger partial charge in [0.05, 0.1) is 37.8 Å². The lowest BCUT2D eigenvalue weighted by Gasteiger charge is -2.13. The summed E-state index contributed by atoms with van der Waals surface area (Å²) in [4.78, 5) is 25.7. The highest BCUT2D eigenvalue weighted by Gasteiger charge is 2.68. The summed E-state index contributed by atoms with van der Waals surface area (Å²) in [5.74, 6) is -6.18. The molecule has 0 radical (unpaired) electrons. The first-order valence-corrected chi connectivity index (χ1v) is 12.5. The molecule has 0 bridgehead atoms. The molecule has 39 heavy (non-hydrogen) atoms. The number of anilines is 3. The van der Waals surface area contributed by atoms with E-state index in [0.29, 0.717) is 0 Å². The zero-order valence-electron chi connectivity index (χ0n) is 18.9. The predicted octanol–water partition coefficient (Wildman–Crippen LogP) is 8.30. The second-order valence-corrected chi connectivity index (χ2v) is 11.1. The second-order valence-electron chi connectivity index (χ2n) is 8.45. The molecule has 1 aliphatic rings. The molecule has 2 amide bonds. The largest absolute Gasteiger partial charge is 0.417 e. The van der Waals surface area contributed by atoms with Crippen LogP contribution in [0.25, 0.3) is 0 Å². The predicted molar refractivity (Wildman–Crippen MR) is 141 cm³/mol. The number of carbonyl (C=O) groups excluding carboxylic acids is 2. The maximum Gasteiger partial charge on any atom is 0.417 e. The third-order valence-electron chi connectivity index (χ3n) is 5.90. The standard InChI is InChI=1S/C24H13Cl5F5N3O2/c25-12-2-1-9(7-10(12)21(38)37-15-4-3-14(30)20(35)19(15)31)36-22(39)17-16(23(17,28)29)8-5-11(24(32,33)34)18(27)13(26)6-8/h1-7,16-17H,35H2,(H,36,39)(H,37,38)/t16-,17+/m0/s1. The molecule has 0 heterocycles. The molecule has 0 aliphatic heterocycles. The normalized spacial score (nSPS) is 18.0. The molecule has 4 rings (SSSR count). The van der Waals surface area contributed by atoms with Crippen molar-refractivity contribution in [3.63, 3.8) is 0 Å². The highest BCUT2D eigenvalue weighted by atomic mass is 35.5. The van der Waals surface area contributed by atoms with E-state index in [4.69, 9.17) is 63.7 Å². The molecular weight excluding hydrogens is 635 g/mol. The molecule has 0 spiro atoms. The van der Waals surface area contributed by atoms with Gasteiger partial charge < -0.3 is 16.4 Å². The molecule has 1 aliphatic carbocycles. The van der Waals surface area contributed by atoms with E-state index >= 15 is 0 Å². The van der Waals surface area contributed by atoms with Crippen molar-refractivity contribution < 1.29 is 31.5 Å². The number of nitrogens with one attached hydrogen (secondary N) is 2. The molecule has 5 nitrogen and oxygen atoms in total. The van der Waals surface area contributed by atoms with E-state index in [0.717, 1.165) is 30.3 Å². The number of carbonyl (C=O) groups is 2. The topological polar surface area (TPSA) is 84.2 Å². The lowest BCUT2D eigenvalue weighted by Crippen LogP contribution is -2.18. The average Bonchev–Trinajstić information content (AvgIpc) is 3.43. The third-order valence-corrected chi connectivity index (χ3v) is 7.98. The van der Waals surface area contributed by atoms with E-state index in [1.165, 1.54) is 12.1 Å². The van der Waals surface area contributed by atoms with E-state index in [9.17, 15) is 31.5 Å². The molecule has 3 aromatic rings. The minimum atomic E-state index is -4.83. The number of rotatable bonds is 5. The van der Waals surface area contributed by atoms with E-state index in [1.54, 1.807) is 0 Å². The summed E-state index contributed by atoms with van der Waals surface area (Å²) < 4.78 is 66.0. The van der Waals surface area contributed by atoms with Crippen LogP contribution in [0.2, 0.25) is 15.1 Å². The molecule has 1 fully saturated rings. The molecule has 4 N–H and O–H groups in total. The number of halogens is 10. The Kier molecular flexibility index (Phi) is 7.92. The maximum absolute atomic E-state index is 14.2. The van der Waals surface area contributed by atoms with Crippen LogP contribution in [-0.2, 0) is 11.0 Å². The number of nitrogens with two attached hydrogens (primary N) is 1. The van der Waals surface area contributed by atoms with Crippen molar-refractivity contribution >= 4 is 86.9 Å². The zero-order valence-corrected chi connectivity index (χ0v) is 22.6. The van der Waals surface area contributed by atoms with Gasteiger partial charge in [0.2, 0.25) is 5.91 Å². The lowest BCUT2D eigenvalue weighted by atomic mass is 10.0. The summed E-state index contributed by atoms with van der Waals surface area (Å²) in [5, 5.41) is 3.49. The van der Waals surface area contributed by atoms with Crippen molar-refractivity contribution in [2.24, 2.45) is 5.92 Å². The van der Waals surface area contributed by atoms with Crippen LogP contribution >= 0.6 is 58.0 Å². The first-order chi connectivity index (χ1) is 18.0. The average molecular weight is 648 g/mol. The number of alkyl halides is 5. The van der Waals surface area contributed by atoms with Crippen molar-refractivity contribution in [3.8, 4) is 0 Å². The molecule has 0 saturated heterocycles. The van der Waals surface area contributed by atoms with Gasteiger partial charge in [-0.25, -0.2) is 8.78 Å². The number of hydrogen-bond acceptors (Lipinski definition) is 3. The van der Waals surface area contributed by atoms with Crippen LogP contribution in [0.1, 0.15) is 27.4 Å². The van der Waals surface area contributed by atoms with Crippen LogP contribution < -0.4 is 16.4 Å². The monoisotopic (exact) mass is 645 g/mol. The Bertz CT molecular complexity index is 1520. The number of hydrogen-bond donors (Lipinski definition) is 3. The van der Waals surface area contributed by atoms with E-state index in [-0.39, 0.29) is 21.8 Å². The SMILES string of the molecule is Nc1c(F)ccc(NC(=O)c2cc(NC(=O)[C@H]3[C@H](c4cc(Cl)c(Cl)c(C(F)(F)F)c4)C3(Cl)Cl)ccc2Cl)c1F. The Hall–Kier alpha value is -2.50. The quantitative estimate of drug-likeness (QED) is 0.148. The van der Waals surface area contributed by atoms with Crippen LogP contribution in [0.4, 0.5) is 39.0 Å². The first kappa shape index (κ1) is 29.5. The minimum Gasteiger partial charge on any atom is -0.394 e. The van der Waals surface area contributed by atoms with Crippen LogP contribution in [0.15, 0.2) is 42.5 Å². The number of benzene rings is 3. The fraction of sp³-hybridized carbons (Fsp3) is 0.167. The fourth-order valence-electron chi connectivity index (χ4n) is 3.92. The van der Waals surface area contributed by atoms with Crippen molar-refractivity contribution in [1.82, 2.24) is 0 Å². The van der Waals surface area contributed by atoms with E-state index < -0.39 is 72.8 Å². The molecule has 0 unspecified atom stereocenters. The van der Waals surface area contributed by atoms with Gasteiger partial charge in [-0.3, -0.25) is 9.59 Å². The van der Waals surface area contributed by atoms with Gasteiger partial charge in [0.25, 0.3) is 5.91 Å². The lowest BCUT2D eigenvalue weighted by molar-refractivity contribution is -0.137. The second kappa shape index (κ2) is 10.5. The van der Waals surface area contributed by atoms with E-state index in [2.05, 4.69) is 10.6 Å². The van der Waals surface area contributed by atoms with E-state index in [1.807, 2.05) is 0 Å². The summed E-state index contributed by atoms with van der Waals surface area (Å²) in [7, 11) is 0. The molecule has 0 aromatic heterocycles. The fourth-order valence-corrected chi connectivity index (χ4v) is 5.39. The summed E-state index contributed by atoms with van der Waals surface area (Å²) in [6.45, 7) is 0. The molecule has 1 saturated carbocycles. The van der Waals surface area contributed by atoms with Crippen LogP contribution in [0.3, 0.4) is 0 Å². The van der Waals surface area contributed by atoms with Gasteiger partial charge in [0.1, 0.15) is 15.8 Å². The van der Waals surface area contributed by atoms with Crippen molar-refractivity contribution in [1.29, 1.82) is 0 Å². The maximum atomic E-state index is 14.2. The van der Waals surface area contributed by atoms with Gasteiger partial charge in [-0.15, -0.1) is 23.2 Å². The molecular formula is C24H13Cl5F5N3O2. The van der Waals surface area contributed by atoms with Gasteiger partial charge in [0, 0.05) is 11.6 Å². The van der Waals surface area contributed by atoms with Crippen molar-refractivity contribution in [2.75, 3.05) is 16.4 Å². The Morgan fingerprint density at radius 1 is 0.923 bits per heavy atom. The minimum absolute atomic E-state index is 0.0357.